The second-order valence-corrected chi connectivity index (χ2v) is 5.96. The van der Waals surface area contributed by atoms with Crippen molar-refractivity contribution in [1.82, 2.24) is 20.5 Å². The molecule has 0 aliphatic carbocycles. The third-order valence-corrected chi connectivity index (χ3v) is 4.15. The molecule has 2 heterocycles. The van der Waals surface area contributed by atoms with Gasteiger partial charge in [-0.1, -0.05) is 37.3 Å². The zero-order valence-corrected chi connectivity index (χ0v) is 15.0. The van der Waals surface area contributed by atoms with Crippen molar-refractivity contribution in [1.29, 1.82) is 0 Å². The number of hydrogen-bond donors (Lipinski definition) is 2. The molecule has 0 saturated carbocycles. The SMILES string of the molecule is CNC(=O)c1cc(C(=O)Nc2ccnnc2)cc([C@@H](C)c2ccccc2)n1. The quantitative estimate of drug-likeness (QED) is 0.728. The van der Waals surface area contributed by atoms with E-state index in [1.165, 1.54) is 25.5 Å². The Kier molecular flexibility index (Phi) is 5.51. The van der Waals surface area contributed by atoms with Gasteiger partial charge in [-0.3, -0.25) is 9.59 Å². The minimum absolute atomic E-state index is 0.0788. The van der Waals surface area contributed by atoms with Crippen molar-refractivity contribution < 1.29 is 9.59 Å². The van der Waals surface area contributed by atoms with E-state index < -0.39 is 0 Å². The molecule has 27 heavy (non-hydrogen) atoms. The average molecular weight is 361 g/mol. The number of carbonyl (C=O) groups excluding carboxylic acids is 2. The molecule has 0 saturated heterocycles. The zero-order valence-electron chi connectivity index (χ0n) is 15.0. The summed E-state index contributed by atoms with van der Waals surface area (Å²) >= 11 is 0. The lowest BCUT2D eigenvalue weighted by Crippen LogP contribution is -2.22. The number of carbonyl (C=O) groups is 2. The zero-order chi connectivity index (χ0) is 19.2. The molecule has 0 bridgehead atoms. The molecule has 0 aliphatic heterocycles. The van der Waals surface area contributed by atoms with Gasteiger partial charge in [0.25, 0.3) is 11.8 Å². The van der Waals surface area contributed by atoms with E-state index in [0.717, 1.165) is 5.56 Å². The first-order valence-corrected chi connectivity index (χ1v) is 8.45. The number of rotatable bonds is 5. The first-order chi connectivity index (χ1) is 13.1. The Morgan fingerprint density at radius 3 is 2.44 bits per heavy atom. The van der Waals surface area contributed by atoms with Crippen LogP contribution in [0, 0.1) is 0 Å². The van der Waals surface area contributed by atoms with Gasteiger partial charge in [-0.2, -0.15) is 10.2 Å². The van der Waals surface area contributed by atoms with Crippen LogP contribution >= 0.6 is 0 Å². The van der Waals surface area contributed by atoms with Crippen LogP contribution in [0.3, 0.4) is 0 Å². The predicted molar refractivity (Wildman–Crippen MR) is 102 cm³/mol. The van der Waals surface area contributed by atoms with Crippen LogP contribution in [0.2, 0.25) is 0 Å². The van der Waals surface area contributed by atoms with Crippen molar-refractivity contribution in [2.75, 3.05) is 12.4 Å². The van der Waals surface area contributed by atoms with Crippen molar-refractivity contribution in [2.24, 2.45) is 0 Å². The molecule has 7 heteroatoms. The highest BCUT2D eigenvalue weighted by Crippen LogP contribution is 2.24. The molecule has 2 N–H and O–H groups in total. The lowest BCUT2D eigenvalue weighted by Gasteiger charge is -2.14. The number of pyridine rings is 1. The summed E-state index contributed by atoms with van der Waals surface area (Å²) in [6.07, 6.45) is 2.94. The Morgan fingerprint density at radius 2 is 1.78 bits per heavy atom. The second-order valence-electron chi connectivity index (χ2n) is 5.96. The van der Waals surface area contributed by atoms with Crippen LogP contribution in [0.4, 0.5) is 5.69 Å². The first kappa shape index (κ1) is 18.2. The van der Waals surface area contributed by atoms with E-state index in [2.05, 4.69) is 25.8 Å². The highest BCUT2D eigenvalue weighted by atomic mass is 16.2. The molecule has 0 spiro atoms. The molecule has 1 atom stereocenters. The molecule has 7 nitrogen and oxygen atoms in total. The van der Waals surface area contributed by atoms with Crippen molar-refractivity contribution in [3.8, 4) is 0 Å². The third kappa shape index (κ3) is 4.33. The van der Waals surface area contributed by atoms with E-state index in [9.17, 15) is 9.59 Å². The van der Waals surface area contributed by atoms with Gasteiger partial charge in [0.05, 0.1) is 18.1 Å². The number of benzene rings is 1. The number of nitrogens with one attached hydrogen (secondary N) is 2. The van der Waals surface area contributed by atoms with Gasteiger partial charge in [-0.05, 0) is 23.8 Å². The summed E-state index contributed by atoms with van der Waals surface area (Å²) in [5.41, 5.74) is 2.74. The first-order valence-electron chi connectivity index (χ1n) is 8.45. The Balaban J connectivity index is 1.98. The number of anilines is 1. The summed E-state index contributed by atoms with van der Waals surface area (Å²) in [5, 5.41) is 12.7. The van der Waals surface area contributed by atoms with Crippen molar-refractivity contribution in [2.45, 2.75) is 12.8 Å². The summed E-state index contributed by atoms with van der Waals surface area (Å²) in [6.45, 7) is 1.99. The van der Waals surface area contributed by atoms with Crippen molar-refractivity contribution in [3.05, 3.63) is 83.4 Å². The summed E-state index contributed by atoms with van der Waals surface area (Å²) < 4.78 is 0. The third-order valence-electron chi connectivity index (χ3n) is 4.15. The van der Waals surface area contributed by atoms with Gasteiger partial charge in [0, 0.05) is 24.2 Å². The summed E-state index contributed by atoms with van der Waals surface area (Å²) in [6, 6.07) is 14.6. The molecule has 2 aromatic heterocycles. The summed E-state index contributed by atoms with van der Waals surface area (Å²) in [5.74, 6) is -0.779. The Bertz CT molecular complexity index is 945. The van der Waals surface area contributed by atoms with Crippen molar-refractivity contribution >= 4 is 17.5 Å². The van der Waals surface area contributed by atoms with Gasteiger partial charge in [-0.15, -0.1) is 0 Å². The number of amides is 2. The van der Waals surface area contributed by atoms with Crippen LogP contribution in [0.1, 0.15) is 44.9 Å². The van der Waals surface area contributed by atoms with E-state index >= 15 is 0 Å². The highest BCUT2D eigenvalue weighted by molar-refractivity contribution is 6.05. The maximum Gasteiger partial charge on any atom is 0.269 e. The van der Waals surface area contributed by atoms with Crippen LogP contribution in [0.25, 0.3) is 0 Å². The molecule has 1 aromatic carbocycles. The molecular weight excluding hydrogens is 342 g/mol. The Labute approximate surface area is 156 Å². The molecule has 2 amide bonds. The van der Waals surface area contributed by atoms with E-state index in [1.54, 1.807) is 12.1 Å². The highest BCUT2D eigenvalue weighted by Gasteiger charge is 2.18. The van der Waals surface area contributed by atoms with Crippen molar-refractivity contribution in [3.63, 3.8) is 0 Å². The van der Waals surface area contributed by atoms with E-state index in [0.29, 0.717) is 16.9 Å². The van der Waals surface area contributed by atoms with Gasteiger partial charge in [-0.25, -0.2) is 4.98 Å². The van der Waals surface area contributed by atoms with Gasteiger partial charge >= 0.3 is 0 Å². The van der Waals surface area contributed by atoms with Crippen LogP contribution < -0.4 is 10.6 Å². The van der Waals surface area contributed by atoms with Gasteiger partial charge < -0.3 is 10.6 Å². The second kappa shape index (κ2) is 8.18. The number of nitrogens with zero attached hydrogens (tertiary/aromatic N) is 3. The van der Waals surface area contributed by atoms with E-state index in [-0.39, 0.29) is 23.4 Å². The van der Waals surface area contributed by atoms with Gasteiger partial charge in [0.2, 0.25) is 0 Å². The van der Waals surface area contributed by atoms with E-state index in [1.807, 2.05) is 37.3 Å². The van der Waals surface area contributed by atoms with Crippen LogP contribution in [0.15, 0.2) is 60.9 Å². The molecule has 3 rings (SSSR count). The smallest absolute Gasteiger partial charge is 0.269 e. The fourth-order valence-corrected chi connectivity index (χ4v) is 2.63. The molecule has 0 fully saturated rings. The molecule has 136 valence electrons. The predicted octanol–water partition coefficient (Wildman–Crippen LogP) is 2.64. The minimum atomic E-state index is -0.350. The van der Waals surface area contributed by atoms with E-state index in [4.69, 9.17) is 0 Å². The molecule has 0 radical (unpaired) electrons. The van der Waals surface area contributed by atoms with Crippen LogP contribution in [-0.4, -0.2) is 34.0 Å². The number of aromatic nitrogens is 3. The molecule has 0 aliphatic rings. The molecule has 3 aromatic rings. The minimum Gasteiger partial charge on any atom is -0.354 e. The fraction of sp³-hybridized carbons (Fsp3) is 0.150. The summed E-state index contributed by atoms with van der Waals surface area (Å²) in [7, 11) is 1.53. The molecular formula is C20H19N5O2. The maximum atomic E-state index is 12.7. The average Bonchev–Trinajstić information content (AvgIpc) is 2.73. The lowest BCUT2D eigenvalue weighted by atomic mass is 9.96. The maximum absolute atomic E-state index is 12.7. The largest absolute Gasteiger partial charge is 0.354 e. The van der Waals surface area contributed by atoms with Gasteiger partial charge in [0.1, 0.15) is 5.69 Å². The molecule has 0 unspecified atom stereocenters. The fourth-order valence-electron chi connectivity index (χ4n) is 2.63. The topological polar surface area (TPSA) is 96.9 Å². The Hall–Kier alpha value is -3.61. The van der Waals surface area contributed by atoms with Gasteiger partial charge in [0.15, 0.2) is 0 Å². The number of hydrogen-bond acceptors (Lipinski definition) is 5. The van der Waals surface area contributed by atoms with Crippen LogP contribution in [0.5, 0.6) is 0 Å². The lowest BCUT2D eigenvalue weighted by molar-refractivity contribution is 0.0958. The Morgan fingerprint density at radius 1 is 1.00 bits per heavy atom. The van der Waals surface area contributed by atoms with Crippen LogP contribution in [-0.2, 0) is 0 Å². The normalized spacial score (nSPS) is 11.5. The standard InChI is InChI=1S/C20H19N5O2/c1-13(14-6-4-3-5-7-14)17-10-15(11-18(25-17)20(27)21-2)19(26)24-16-8-9-22-23-12-16/h3-13H,1-2H3,(H,21,27)(H,22,24,26)/t13-/m0/s1. The monoisotopic (exact) mass is 361 g/mol. The summed E-state index contributed by atoms with van der Waals surface area (Å²) in [4.78, 5) is 29.3.